The lowest BCUT2D eigenvalue weighted by Gasteiger charge is -2.11. The molecule has 0 amide bonds. The molecule has 0 radical (unpaired) electrons. The third-order valence-electron chi connectivity index (χ3n) is 2.54. The van der Waals surface area contributed by atoms with E-state index >= 15 is 0 Å². The summed E-state index contributed by atoms with van der Waals surface area (Å²) in [6.45, 7) is 5.08. The Bertz CT molecular complexity index is 374. The molecule has 1 aromatic carbocycles. The molecule has 0 bridgehead atoms. The van der Waals surface area contributed by atoms with Crippen LogP contribution in [0.2, 0.25) is 0 Å². The van der Waals surface area contributed by atoms with E-state index in [1.54, 1.807) is 6.08 Å². The molecule has 1 aliphatic carbocycles. The Morgan fingerprint density at radius 2 is 2.31 bits per heavy atom. The highest BCUT2D eigenvalue weighted by atomic mass is 79.9. The maximum Gasteiger partial charge on any atom is 0.124 e. The first kappa shape index (κ1) is 11.7. The van der Waals surface area contributed by atoms with Gasteiger partial charge in [-0.05, 0) is 31.0 Å². The Labute approximate surface area is 105 Å². The number of hydrogen-bond acceptors (Lipinski definition) is 2. The summed E-state index contributed by atoms with van der Waals surface area (Å²) in [5.74, 6) is 0.941. The Morgan fingerprint density at radius 1 is 1.50 bits per heavy atom. The van der Waals surface area contributed by atoms with Gasteiger partial charge in [-0.3, -0.25) is 0 Å². The van der Waals surface area contributed by atoms with Gasteiger partial charge in [0, 0.05) is 22.6 Å². The highest BCUT2D eigenvalue weighted by Gasteiger charge is 2.20. The van der Waals surface area contributed by atoms with E-state index in [1.807, 2.05) is 12.1 Å². The van der Waals surface area contributed by atoms with Gasteiger partial charge >= 0.3 is 0 Å². The fourth-order valence-corrected chi connectivity index (χ4v) is 1.93. The van der Waals surface area contributed by atoms with Crippen molar-refractivity contribution in [3.05, 3.63) is 40.9 Å². The second-order valence-corrected chi connectivity index (χ2v) is 4.92. The van der Waals surface area contributed by atoms with Gasteiger partial charge in [-0.2, -0.15) is 0 Å². The Balaban J connectivity index is 2.03. The van der Waals surface area contributed by atoms with Crippen molar-refractivity contribution in [2.75, 3.05) is 6.61 Å². The minimum atomic E-state index is 0.554. The average molecular weight is 282 g/mol. The maximum absolute atomic E-state index is 5.62. The molecular weight excluding hydrogens is 266 g/mol. The SMILES string of the molecule is C=CCOc1ccc(Br)cc1CNC1CC1. The third kappa shape index (κ3) is 3.35. The van der Waals surface area contributed by atoms with Crippen molar-refractivity contribution < 1.29 is 4.74 Å². The van der Waals surface area contributed by atoms with E-state index in [9.17, 15) is 0 Å². The molecule has 0 spiro atoms. The minimum absolute atomic E-state index is 0.554. The molecule has 1 saturated carbocycles. The van der Waals surface area contributed by atoms with Gasteiger partial charge in [0.2, 0.25) is 0 Å². The number of nitrogens with one attached hydrogen (secondary N) is 1. The molecule has 0 atom stereocenters. The first-order chi connectivity index (χ1) is 7.79. The van der Waals surface area contributed by atoms with Crippen LogP contribution >= 0.6 is 15.9 Å². The first-order valence-electron chi connectivity index (χ1n) is 5.55. The second-order valence-electron chi connectivity index (χ2n) is 4.01. The largest absolute Gasteiger partial charge is 0.489 e. The van der Waals surface area contributed by atoms with E-state index in [-0.39, 0.29) is 0 Å². The van der Waals surface area contributed by atoms with Gasteiger partial charge in [0.25, 0.3) is 0 Å². The third-order valence-corrected chi connectivity index (χ3v) is 3.03. The lowest BCUT2D eigenvalue weighted by atomic mass is 10.2. The smallest absolute Gasteiger partial charge is 0.124 e. The molecule has 0 aliphatic heterocycles. The number of halogens is 1. The molecule has 3 heteroatoms. The van der Waals surface area contributed by atoms with Crippen LogP contribution < -0.4 is 10.1 Å². The lowest BCUT2D eigenvalue weighted by molar-refractivity contribution is 0.357. The molecule has 0 unspecified atom stereocenters. The van der Waals surface area contributed by atoms with Crippen LogP contribution in [0.4, 0.5) is 0 Å². The molecule has 1 aromatic rings. The summed E-state index contributed by atoms with van der Waals surface area (Å²) in [5, 5.41) is 3.49. The van der Waals surface area contributed by atoms with E-state index in [1.165, 1.54) is 18.4 Å². The van der Waals surface area contributed by atoms with Crippen molar-refractivity contribution in [2.24, 2.45) is 0 Å². The minimum Gasteiger partial charge on any atom is -0.489 e. The van der Waals surface area contributed by atoms with Crippen LogP contribution in [0.1, 0.15) is 18.4 Å². The molecule has 16 heavy (non-hydrogen) atoms. The normalized spacial score (nSPS) is 14.8. The van der Waals surface area contributed by atoms with Crippen LogP contribution in [-0.2, 0) is 6.54 Å². The summed E-state index contributed by atoms with van der Waals surface area (Å²) < 4.78 is 6.70. The maximum atomic E-state index is 5.62. The van der Waals surface area contributed by atoms with Crippen molar-refractivity contribution in [1.29, 1.82) is 0 Å². The molecule has 1 aliphatic rings. The van der Waals surface area contributed by atoms with Crippen LogP contribution in [-0.4, -0.2) is 12.6 Å². The van der Waals surface area contributed by atoms with Gasteiger partial charge in [-0.25, -0.2) is 0 Å². The van der Waals surface area contributed by atoms with Gasteiger partial charge in [0.05, 0.1) is 0 Å². The Morgan fingerprint density at radius 3 is 3.00 bits per heavy atom. The molecule has 0 heterocycles. The van der Waals surface area contributed by atoms with E-state index < -0.39 is 0 Å². The zero-order chi connectivity index (χ0) is 11.4. The zero-order valence-corrected chi connectivity index (χ0v) is 10.8. The van der Waals surface area contributed by atoms with E-state index in [0.717, 1.165) is 16.8 Å². The van der Waals surface area contributed by atoms with Crippen LogP contribution in [0.5, 0.6) is 5.75 Å². The quantitative estimate of drug-likeness (QED) is 0.809. The van der Waals surface area contributed by atoms with Gasteiger partial charge in [-0.1, -0.05) is 28.6 Å². The highest BCUT2D eigenvalue weighted by Crippen LogP contribution is 2.25. The highest BCUT2D eigenvalue weighted by molar-refractivity contribution is 9.10. The predicted molar refractivity (Wildman–Crippen MR) is 69.7 cm³/mol. The predicted octanol–water partition coefficient (Wildman–Crippen LogP) is 3.27. The molecule has 1 N–H and O–H groups in total. The summed E-state index contributed by atoms with van der Waals surface area (Å²) in [6.07, 6.45) is 4.37. The van der Waals surface area contributed by atoms with E-state index in [0.29, 0.717) is 12.6 Å². The summed E-state index contributed by atoms with van der Waals surface area (Å²) in [7, 11) is 0. The summed E-state index contributed by atoms with van der Waals surface area (Å²) in [5.41, 5.74) is 1.20. The average Bonchev–Trinajstić information content (AvgIpc) is 3.09. The van der Waals surface area contributed by atoms with E-state index in [4.69, 9.17) is 4.74 Å². The van der Waals surface area contributed by atoms with Crippen LogP contribution in [0.3, 0.4) is 0 Å². The van der Waals surface area contributed by atoms with E-state index in [2.05, 4.69) is 33.9 Å². The Hall–Kier alpha value is -0.800. The standard InChI is InChI=1S/C13H16BrNO/c1-2-7-16-13-6-3-11(14)8-10(13)9-15-12-4-5-12/h2-3,6,8,12,15H,1,4-5,7,9H2. The van der Waals surface area contributed by atoms with Gasteiger partial charge < -0.3 is 10.1 Å². The second kappa shape index (κ2) is 5.51. The molecular formula is C13H16BrNO. The molecule has 2 rings (SSSR count). The van der Waals surface area contributed by atoms with Crippen LogP contribution in [0.25, 0.3) is 0 Å². The van der Waals surface area contributed by atoms with Gasteiger partial charge in [0.1, 0.15) is 12.4 Å². The van der Waals surface area contributed by atoms with Crippen molar-refractivity contribution in [3.63, 3.8) is 0 Å². The van der Waals surface area contributed by atoms with Crippen molar-refractivity contribution in [2.45, 2.75) is 25.4 Å². The molecule has 2 nitrogen and oxygen atoms in total. The van der Waals surface area contributed by atoms with Crippen LogP contribution in [0.15, 0.2) is 35.3 Å². The van der Waals surface area contributed by atoms with Gasteiger partial charge in [0.15, 0.2) is 0 Å². The van der Waals surface area contributed by atoms with Crippen molar-refractivity contribution >= 4 is 15.9 Å². The topological polar surface area (TPSA) is 21.3 Å². The number of hydrogen-bond donors (Lipinski definition) is 1. The van der Waals surface area contributed by atoms with Crippen molar-refractivity contribution in [3.8, 4) is 5.75 Å². The molecule has 1 fully saturated rings. The number of ether oxygens (including phenoxy) is 1. The molecule has 86 valence electrons. The fraction of sp³-hybridized carbons (Fsp3) is 0.385. The van der Waals surface area contributed by atoms with Gasteiger partial charge in [-0.15, -0.1) is 0 Å². The summed E-state index contributed by atoms with van der Waals surface area (Å²) >= 11 is 3.48. The molecule has 0 saturated heterocycles. The Kier molecular flexibility index (Phi) is 4.02. The molecule has 0 aromatic heterocycles. The zero-order valence-electron chi connectivity index (χ0n) is 9.21. The number of benzene rings is 1. The van der Waals surface area contributed by atoms with Crippen molar-refractivity contribution in [1.82, 2.24) is 5.32 Å². The van der Waals surface area contributed by atoms with Crippen LogP contribution in [0, 0.1) is 0 Å². The summed E-state index contributed by atoms with van der Waals surface area (Å²) in [4.78, 5) is 0. The fourth-order valence-electron chi connectivity index (χ4n) is 1.52. The number of rotatable bonds is 6. The first-order valence-corrected chi connectivity index (χ1v) is 6.34. The monoisotopic (exact) mass is 281 g/mol. The lowest BCUT2D eigenvalue weighted by Crippen LogP contribution is -2.16. The summed E-state index contributed by atoms with van der Waals surface area (Å²) in [6, 6.07) is 6.82.